The van der Waals surface area contributed by atoms with E-state index in [4.69, 9.17) is 11.3 Å². The molecule has 23 heavy (non-hydrogen) atoms. The van der Waals surface area contributed by atoms with Crippen LogP contribution in [0.3, 0.4) is 0 Å². The van der Waals surface area contributed by atoms with Crippen molar-refractivity contribution in [3.8, 4) is 11.5 Å². The SMILES string of the molecule is [C-]#[N+]c1cncc(Oc2cnc(C)c3c2[C@@H](F)C(F)(F)[C@H]3O)c1. The number of pyridine rings is 2. The maximum absolute atomic E-state index is 14.2. The molecule has 0 bridgehead atoms. The number of ether oxygens (including phenoxy) is 1. The number of rotatable bonds is 2. The molecule has 0 aliphatic heterocycles. The number of aliphatic hydroxyl groups is 1. The molecule has 1 aliphatic carbocycles. The molecule has 0 spiro atoms. The number of aryl methyl sites for hydroxylation is 1. The van der Waals surface area contributed by atoms with E-state index in [1.807, 2.05) is 0 Å². The Kier molecular flexibility index (Phi) is 3.45. The van der Waals surface area contributed by atoms with E-state index in [0.29, 0.717) is 0 Å². The van der Waals surface area contributed by atoms with Crippen LogP contribution >= 0.6 is 0 Å². The van der Waals surface area contributed by atoms with Gasteiger partial charge >= 0.3 is 5.92 Å². The highest BCUT2D eigenvalue weighted by atomic mass is 19.3. The van der Waals surface area contributed by atoms with Crippen LogP contribution in [0.1, 0.15) is 29.1 Å². The molecule has 118 valence electrons. The first-order valence-corrected chi connectivity index (χ1v) is 6.56. The highest BCUT2D eigenvalue weighted by molar-refractivity contribution is 5.52. The maximum atomic E-state index is 14.2. The Morgan fingerprint density at radius 3 is 2.74 bits per heavy atom. The first kappa shape index (κ1) is 15.2. The van der Waals surface area contributed by atoms with Crippen molar-refractivity contribution in [3.63, 3.8) is 0 Å². The lowest BCUT2D eigenvalue weighted by Crippen LogP contribution is -2.24. The number of aliphatic hydroxyl groups excluding tert-OH is 1. The predicted octanol–water partition coefficient (Wildman–Crippen LogP) is 3.82. The maximum Gasteiger partial charge on any atom is 0.312 e. The topological polar surface area (TPSA) is 59.6 Å². The second-order valence-electron chi connectivity index (χ2n) is 5.07. The molecule has 2 heterocycles. The summed E-state index contributed by atoms with van der Waals surface area (Å²) in [6.45, 7) is 8.31. The Balaban J connectivity index is 2.08. The zero-order chi connectivity index (χ0) is 16.8. The minimum atomic E-state index is -3.95. The number of hydrogen-bond acceptors (Lipinski definition) is 4. The quantitative estimate of drug-likeness (QED) is 0.854. The monoisotopic (exact) mass is 321 g/mol. The first-order chi connectivity index (χ1) is 10.9. The van der Waals surface area contributed by atoms with Gasteiger partial charge in [0, 0.05) is 23.0 Å². The number of nitrogens with zero attached hydrogens (tertiary/aromatic N) is 3. The van der Waals surface area contributed by atoms with Crippen molar-refractivity contribution >= 4 is 5.69 Å². The van der Waals surface area contributed by atoms with Crippen LogP contribution in [-0.4, -0.2) is 21.0 Å². The summed E-state index contributed by atoms with van der Waals surface area (Å²) in [6, 6.07) is 1.34. The molecule has 0 amide bonds. The summed E-state index contributed by atoms with van der Waals surface area (Å²) in [5, 5.41) is 9.70. The fourth-order valence-corrected chi connectivity index (χ4v) is 2.48. The number of hydrogen-bond donors (Lipinski definition) is 1. The van der Waals surface area contributed by atoms with Gasteiger partial charge in [-0.25, -0.2) is 9.24 Å². The number of alkyl halides is 3. The fraction of sp³-hybridized carbons (Fsp3) is 0.267. The highest BCUT2D eigenvalue weighted by Gasteiger charge is 2.58. The van der Waals surface area contributed by atoms with E-state index < -0.39 is 23.8 Å². The molecule has 2 atom stereocenters. The Labute approximate surface area is 129 Å². The van der Waals surface area contributed by atoms with Crippen molar-refractivity contribution in [1.29, 1.82) is 0 Å². The van der Waals surface area contributed by atoms with Crippen molar-refractivity contribution in [2.75, 3.05) is 0 Å². The summed E-state index contributed by atoms with van der Waals surface area (Å²) in [4.78, 5) is 10.8. The van der Waals surface area contributed by atoms with Crippen LogP contribution in [0.4, 0.5) is 18.9 Å². The highest BCUT2D eigenvalue weighted by Crippen LogP contribution is 2.56. The lowest BCUT2D eigenvalue weighted by molar-refractivity contribution is -0.143. The second kappa shape index (κ2) is 5.21. The first-order valence-electron chi connectivity index (χ1n) is 6.56. The van der Waals surface area contributed by atoms with E-state index in [1.165, 1.54) is 25.4 Å². The molecular weight excluding hydrogens is 311 g/mol. The van der Waals surface area contributed by atoms with Crippen LogP contribution in [-0.2, 0) is 0 Å². The van der Waals surface area contributed by atoms with Crippen LogP contribution in [0, 0.1) is 13.5 Å². The van der Waals surface area contributed by atoms with Gasteiger partial charge in [-0.2, -0.15) is 8.78 Å². The van der Waals surface area contributed by atoms with Gasteiger partial charge in [-0.3, -0.25) is 9.97 Å². The molecule has 0 radical (unpaired) electrons. The Hall–Kier alpha value is -2.66. The van der Waals surface area contributed by atoms with Crippen LogP contribution in [0.5, 0.6) is 11.5 Å². The molecule has 1 aliphatic rings. The van der Waals surface area contributed by atoms with Gasteiger partial charge in [-0.15, -0.1) is 0 Å². The second-order valence-corrected chi connectivity index (χ2v) is 5.07. The van der Waals surface area contributed by atoms with Crippen LogP contribution in [0.15, 0.2) is 24.7 Å². The average Bonchev–Trinajstić information content (AvgIpc) is 2.72. The van der Waals surface area contributed by atoms with E-state index in [0.717, 1.165) is 6.20 Å². The van der Waals surface area contributed by atoms with Crippen molar-refractivity contribution in [3.05, 3.63) is 52.9 Å². The predicted molar refractivity (Wildman–Crippen MR) is 73.3 cm³/mol. The number of fused-ring (bicyclic) bond motifs is 1. The molecule has 0 aromatic carbocycles. The summed E-state index contributed by atoms with van der Waals surface area (Å²) >= 11 is 0. The lowest BCUT2D eigenvalue weighted by Gasteiger charge is -2.16. The van der Waals surface area contributed by atoms with Crippen molar-refractivity contribution in [2.24, 2.45) is 0 Å². The van der Waals surface area contributed by atoms with Crippen molar-refractivity contribution < 1.29 is 23.0 Å². The number of aromatic nitrogens is 2. The lowest BCUT2D eigenvalue weighted by atomic mass is 10.1. The van der Waals surface area contributed by atoms with E-state index in [2.05, 4.69) is 14.8 Å². The van der Waals surface area contributed by atoms with E-state index in [9.17, 15) is 18.3 Å². The molecule has 0 saturated heterocycles. The summed E-state index contributed by atoms with van der Waals surface area (Å²) in [5.41, 5.74) is -0.411. The smallest absolute Gasteiger partial charge is 0.312 e. The van der Waals surface area contributed by atoms with Crippen LogP contribution in [0.25, 0.3) is 4.85 Å². The molecule has 8 heteroatoms. The summed E-state index contributed by atoms with van der Waals surface area (Å²) in [7, 11) is 0. The minimum absolute atomic E-state index is 0.0864. The van der Waals surface area contributed by atoms with Gasteiger partial charge in [0.1, 0.15) is 11.9 Å². The van der Waals surface area contributed by atoms with Crippen LogP contribution in [0.2, 0.25) is 0 Å². The third-order valence-electron chi connectivity index (χ3n) is 3.61. The Morgan fingerprint density at radius 1 is 1.30 bits per heavy atom. The van der Waals surface area contributed by atoms with Gasteiger partial charge in [0.2, 0.25) is 5.69 Å². The van der Waals surface area contributed by atoms with Crippen molar-refractivity contribution in [1.82, 2.24) is 9.97 Å². The Bertz CT molecular complexity index is 820. The molecule has 0 fully saturated rings. The summed E-state index contributed by atoms with van der Waals surface area (Å²) in [5.74, 6) is -4.10. The average molecular weight is 321 g/mol. The molecule has 0 saturated carbocycles. The van der Waals surface area contributed by atoms with Crippen molar-refractivity contribution in [2.45, 2.75) is 25.1 Å². The minimum Gasteiger partial charge on any atom is -0.455 e. The largest absolute Gasteiger partial charge is 0.455 e. The van der Waals surface area contributed by atoms with E-state index in [-0.39, 0.29) is 28.4 Å². The molecule has 5 nitrogen and oxygen atoms in total. The van der Waals surface area contributed by atoms with Gasteiger partial charge in [0.25, 0.3) is 0 Å². The molecule has 0 unspecified atom stereocenters. The molecule has 2 aromatic heterocycles. The molecule has 1 N–H and O–H groups in total. The molecule has 2 aromatic rings. The van der Waals surface area contributed by atoms with Crippen LogP contribution < -0.4 is 4.74 Å². The third kappa shape index (κ3) is 2.29. The van der Waals surface area contributed by atoms with Gasteiger partial charge in [-0.05, 0) is 13.0 Å². The zero-order valence-corrected chi connectivity index (χ0v) is 11.8. The van der Waals surface area contributed by atoms with Gasteiger partial charge in [-0.1, -0.05) is 0 Å². The Morgan fingerprint density at radius 2 is 2.04 bits per heavy atom. The van der Waals surface area contributed by atoms with E-state index in [1.54, 1.807) is 0 Å². The summed E-state index contributed by atoms with van der Waals surface area (Å²) in [6.07, 6.45) is -1.32. The van der Waals surface area contributed by atoms with Gasteiger partial charge in [0.05, 0.1) is 19.0 Å². The standard InChI is InChI=1S/C15H10F3N3O2/c1-7-11-12(13(16)15(17,18)14(11)22)10(6-21-7)23-9-3-8(19-2)4-20-5-9/h3-6,13-14,22H,1H3/t13-,14+/m1/s1. The normalized spacial score (nSPS) is 21.6. The molecule has 3 rings (SSSR count). The zero-order valence-electron chi connectivity index (χ0n) is 11.8. The summed E-state index contributed by atoms with van der Waals surface area (Å²) < 4.78 is 47.1. The third-order valence-corrected chi connectivity index (χ3v) is 3.61. The fourth-order valence-electron chi connectivity index (χ4n) is 2.48. The van der Waals surface area contributed by atoms with Gasteiger partial charge in [0.15, 0.2) is 11.9 Å². The molecular formula is C15H10F3N3O2. The van der Waals surface area contributed by atoms with Gasteiger partial charge < -0.3 is 9.84 Å². The number of halogens is 3. The van der Waals surface area contributed by atoms with E-state index >= 15 is 0 Å².